The molecule has 0 bridgehead atoms. The summed E-state index contributed by atoms with van der Waals surface area (Å²) in [6, 6.07) is 0.363. The van der Waals surface area contributed by atoms with Crippen molar-refractivity contribution in [3.63, 3.8) is 0 Å². The van der Waals surface area contributed by atoms with E-state index in [9.17, 15) is 0 Å². The number of piperidine rings is 1. The topological polar surface area (TPSA) is 58.3 Å². The van der Waals surface area contributed by atoms with Crippen molar-refractivity contribution in [3.05, 3.63) is 0 Å². The van der Waals surface area contributed by atoms with Crippen molar-refractivity contribution >= 4 is 22.6 Å². The van der Waals surface area contributed by atoms with E-state index in [1.807, 2.05) is 19.0 Å². The number of rotatable bonds is 2. The maximum absolute atomic E-state index is 5.86. The van der Waals surface area contributed by atoms with E-state index >= 15 is 0 Å². The average Bonchev–Trinajstić information content (AvgIpc) is 2.68. The van der Waals surface area contributed by atoms with Gasteiger partial charge in [-0.3, -0.25) is 0 Å². The molecule has 0 amide bonds. The third-order valence-electron chi connectivity index (χ3n) is 2.61. The standard InChI is InChI=1S/C9H17N5S/c1-13(2)8-11-9(15-12-8)14-5-3-7(10)4-6-14/h7H,3-6,10H2,1-2H3. The first kappa shape index (κ1) is 10.6. The fourth-order valence-electron chi connectivity index (χ4n) is 1.61. The smallest absolute Gasteiger partial charge is 0.238 e. The highest BCUT2D eigenvalue weighted by molar-refractivity contribution is 7.09. The van der Waals surface area contributed by atoms with Crippen LogP contribution in [0.5, 0.6) is 0 Å². The van der Waals surface area contributed by atoms with E-state index in [2.05, 4.69) is 14.3 Å². The molecule has 6 heteroatoms. The molecule has 1 fully saturated rings. The number of hydrogen-bond donors (Lipinski definition) is 1. The van der Waals surface area contributed by atoms with Crippen LogP contribution in [-0.4, -0.2) is 42.6 Å². The molecule has 2 N–H and O–H groups in total. The van der Waals surface area contributed by atoms with Crippen LogP contribution in [0.3, 0.4) is 0 Å². The van der Waals surface area contributed by atoms with Gasteiger partial charge >= 0.3 is 0 Å². The van der Waals surface area contributed by atoms with E-state index in [-0.39, 0.29) is 0 Å². The highest BCUT2D eigenvalue weighted by Gasteiger charge is 2.19. The number of anilines is 2. The van der Waals surface area contributed by atoms with E-state index < -0.39 is 0 Å². The van der Waals surface area contributed by atoms with Crippen molar-refractivity contribution in [1.29, 1.82) is 0 Å². The molecule has 0 unspecified atom stereocenters. The highest BCUT2D eigenvalue weighted by Crippen LogP contribution is 2.23. The average molecular weight is 227 g/mol. The zero-order chi connectivity index (χ0) is 10.8. The van der Waals surface area contributed by atoms with Crippen LogP contribution in [0, 0.1) is 0 Å². The van der Waals surface area contributed by atoms with Gasteiger partial charge in [0.05, 0.1) is 0 Å². The second-order valence-electron chi connectivity index (χ2n) is 4.10. The first-order valence-corrected chi connectivity index (χ1v) is 5.95. The Hall–Kier alpha value is -0.880. The maximum atomic E-state index is 5.86. The molecule has 0 atom stereocenters. The normalized spacial score (nSPS) is 18.2. The van der Waals surface area contributed by atoms with Crippen molar-refractivity contribution < 1.29 is 0 Å². The van der Waals surface area contributed by atoms with E-state index in [1.165, 1.54) is 11.5 Å². The summed E-state index contributed by atoms with van der Waals surface area (Å²) < 4.78 is 4.29. The molecule has 2 rings (SSSR count). The molecule has 2 heterocycles. The summed E-state index contributed by atoms with van der Waals surface area (Å²) in [7, 11) is 3.91. The molecular formula is C9H17N5S. The Bertz CT molecular complexity index is 316. The van der Waals surface area contributed by atoms with Gasteiger partial charge in [0.15, 0.2) is 0 Å². The molecule has 0 saturated carbocycles. The number of aromatic nitrogens is 2. The van der Waals surface area contributed by atoms with Gasteiger partial charge in [0.2, 0.25) is 11.1 Å². The summed E-state index contributed by atoms with van der Waals surface area (Å²) in [4.78, 5) is 8.68. The largest absolute Gasteiger partial charge is 0.347 e. The fraction of sp³-hybridized carbons (Fsp3) is 0.778. The summed E-state index contributed by atoms with van der Waals surface area (Å²) in [5, 5.41) is 1.02. The van der Waals surface area contributed by atoms with Crippen LogP contribution in [0.4, 0.5) is 11.1 Å². The summed E-state index contributed by atoms with van der Waals surface area (Å²) in [6.07, 6.45) is 2.10. The number of nitrogens with two attached hydrogens (primary N) is 1. The molecule has 1 aliphatic rings. The molecule has 0 spiro atoms. The van der Waals surface area contributed by atoms with Gasteiger partial charge in [0, 0.05) is 44.8 Å². The van der Waals surface area contributed by atoms with Gasteiger partial charge in [-0.15, -0.1) is 0 Å². The van der Waals surface area contributed by atoms with Crippen LogP contribution < -0.4 is 15.5 Å². The van der Waals surface area contributed by atoms with Crippen LogP contribution in [0.1, 0.15) is 12.8 Å². The maximum Gasteiger partial charge on any atom is 0.238 e. The molecule has 1 saturated heterocycles. The molecule has 5 nitrogen and oxygen atoms in total. The zero-order valence-electron chi connectivity index (χ0n) is 9.18. The molecule has 0 aliphatic carbocycles. The van der Waals surface area contributed by atoms with Gasteiger partial charge in [-0.25, -0.2) is 0 Å². The Labute approximate surface area is 94.1 Å². The minimum atomic E-state index is 0.363. The minimum Gasteiger partial charge on any atom is -0.347 e. The second-order valence-corrected chi connectivity index (χ2v) is 4.83. The lowest BCUT2D eigenvalue weighted by Gasteiger charge is -2.29. The highest BCUT2D eigenvalue weighted by atomic mass is 32.1. The Morgan fingerprint density at radius 3 is 2.60 bits per heavy atom. The lowest BCUT2D eigenvalue weighted by molar-refractivity contribution is 0.501. The van der Waals surface area contributed by atoms with Gasteiger partial charge < -0.3 is 15.5 Å². The summed E-state index contributed by atoms with van der Waals surface area (Å²) in [5.74, 6) is 0.796. The summed E-state index contributed by atoms with van der Waals surface area (Å²) in [6.45, 7) is 2.01. The van der Waals surface area contributed by atoms with Crippen LogP contribution >= 0.6 is 11.5 Å². The third-order valence-corrected chi connectivity index (χ3v) is 3.38. The molecule has 1 aromatic rings. The molecule has 1 aromatic heterocycles. The monoisotopic (exact) mass is 227 g/mol. The molecule has 1 aliphatic heterocycles. The molecule has 84 valence electrons. The van der Waals surface area contributed by atoms with Crippen molar-refractivity contribution in [1.82, 2.24) is 9.36 Å². The van der Waals surface area contributed by atoms with Crippen molar-refractivity contribution in [2.45, 2.75) is 18.9 Å². The third kappa shape index (κ3) is 2.38. The number of hydrogen-bond acceptors (Lipinski definition) is 6. The lowest BCUT2D eigenvalue weighted by atomic mass is 10.1. The number of nitrogens with zero attached hydrogens (tertiary/aromatic N) is 4. The van der Waals surface area contributed by atoms with Gasteiger partial charge in [-0.05, 0) is 12.8 Å². The van der Waals surface area contributed by atoms with Crippen LogP contribution in [0.25, 0.3) is 0 Å². The Kier molecular flexibility index (Phi) is 3.06. The molecule has 0 radical (unpaired) electrons. The van der Waals surface area contributed by atoms with E-state index in [0.717, 1.165) is 37.0 Å². The second kappa shape index (κ2) is 4.32. The molecule has 0 aromatic carbocycles. The Morgan fingerprint density at radius 1 is 1.40 bits per heavy atom. The Morgan fingerprint density at radius 2 is 2.07 bits per heavy atom. The lowest BCUT2D eigenvalue weighted by Crippen LogP contribution is -2.39. The summed E-state index contributed by atoms with van der Waals surface area (Å²) >= 11 is 1.47. The molecule has 15 heavy (non-hydrogen) atoms. The van der Waals surface area contributed by atoms with Gasteiger partial charge in [-0.1, -0.05) is 0 Å². The summed E-state index contributed by atoms with van der Waals surface area (Å²) in [5.41, 5.74) is 5.86. The first-order valence-electron chi connectivity index (χ1n) is 5.18. The Balaban J connectivity index is 2.03. The predicted molar refractivity (Wildman–Crippen MR) is 63.7 cm³/mol. The van der Waals surface area contributed by atoms with E-state index in [4.69, 9.17) is 5.73 Å². The predicted octanol–water partition coefficient (Wildman–Crippen LogP) is 0.532. The van der Waals surface area contributed by atoms with Gasteiger partial charge in [0.1, 0.15) is 0 Å². The minimum absolute atomic E-state index is 0.363. The van der Waals surface area contributed by atoms with E-state index in [1.54, 1.807) is 0 Å². The van der Waals surface area contributed by atoms with Gasteiger partial charge in [0.25, 0.3) is 0 Å². The molecular weight excluding hydrogens is 210 g/mol. The van der Waals surface area contributed by atoms with Crippen LogP contribution in [-0.2, 0) is 0 Å². The van der Waals surface area contributed by atoms with Crippen molar-refractivity contribution in [2.24, 2.45) is 5.73 Å². The quantitative estimate of drug-likeness (QED) is 0.799. The SMILES string of the molecule is CN(C)c1nsc(N2CCC(N)CC2)n1. The van der Waals surface area contributed by atoms with Crippen molar-refractivity contribution in [3.8, 4) is 0 Å². The zero-order valence-corrected chi connectivity index (χ0v) is 10.00. The van der Waals surface area contributed by atoms with Gasteiger partial charge in [-0.2, -0.15) is 9.36 Å². The van der Waals surface area contributed by atoms with E-state index in [0.29, 0.717) is 6.04 Å². The first-order chi connectivity index (χ1) is 7.16. The van der Waals surface area contributed by atoms with Crippen molar-refractivity contribution in [2.75, 3.05) is 37.0 Å². The fourth-order valence-corrected chi connectivity index (χ4v) is 2.40. The van der Waals surface area contributed by atoms with Crippen LogP contribution in [0.15, 0.2) is 0 Å². The van der Waals surface area contributed by atoms with Crippen LogP contribution in [0.2, 0.25) is 0 Å².